The third-order valence-electron chi connectivity index (χ3n) is 2.02. The molecule has 0 saturated heterocycles. The highest BCUT2D eigenvalue weighted by molar-refractivity contribution is 9.10. The minimum absolute atomic E-state index is 0.0670. The molecule has 0 spiro atoms. The molecular weight excluding hydrogens is 274 g/mol. The molecule has 1 rings (SSSR count). The summed E-state index contributed by atoms with van der Waals surface area (Å²) >= 11 is 5.32. The minimum Gasteiger partial charge on any atom is -0.384 e. The van der Waals surface area contributed by atoms with E-state index in [1.54, 1.807) is 18.9 Å². The van der Waals surface area contributed by atoms with E-state index in [4.69, 9.17) is 10.5 Å². The Balaban J connectivity index is 2.65. The number of ether oxygens (including phenoxy) is 1. The molecule has 0 aromatic heterocycles. The van der Waals surface area contributed by atoms with Crippen LogP contribution in [0.1, 0.15) is 18.5 Å². The third-order valence-corrected chi connectivity index (χ3v) is 3.66. The van der Waals surface area contributed by atoms with Crippen molar-refractivity contribution >= 4 is 27.7 Å². The fourth-order valence-electron chi connectivity index (χ4n) is 1.21. The quantitative estimate of drug-likeness (QED) is 0.668. The van der Waals surface area contributed by atoms with Gasteiger partial charge in [0, 0.05) is 28.3 Å². The predicted molar refractivity (Wildman–Crippen MR) is 69.3 cm³/mol. The summed E-state index contributed by atoms with van der Waals surface area (Å²) in [6.45, 7) is 2.76. The van der Waals surface area contributed by atoms with Crippen LogP contribution in [0.4, 0.5) is 0 Å². The number of hydrogen-bond acceptors (Lipinski definition) is 3. The van der Waals surface area contributed by atoms with Gasteiger partial charge in [0.1, 0.15) is 0 Å². The monoisotopic (exact) mass is 289 g/mol. The summed E-state index contributed by atoms with van der Waals surface area (Å²) in [6.07, 6.45) is 0. The number of nitrogens with two attached hydrogens (primary N) is 1. The summed E-state index contributed by atoms with van der Waals surface area (Å²) in [5.74, 6) is 0.973. The molecule has 0 aliphatic carbocycles. The van der Waals surface area contributed by atoms with E-state index >= 15 is 0 Å². The smallest absolute Gasteiger partial charge is 0.0556 e. The van der Waals surface area contributed by atoms with Crippen LogP contribution in [0.15, 0.2) is 27.6 Å². The molecule has 0 heterocycles. The van der Waals surface area contributed by atoms with Crippen LogP contribution in [0.2, 0.25) is 0 Å². The number of hydrogen-bond donors (Lipinski definition) is 1. The zero-order chi connectivity index (χ0) is 11.3. The summed E-state index contributed by atoms with van der Waals surface area (Å²) in [5.41, 5.74) is 6.97. The van der Waals surface area contributed by atoms with Crippen LogP contribution in [0.3, 0.4) is 0 Å². The molecule has 2 nitrogen and oxygen atoms in total. The Kier molecular flexibility index (Phi) is 5.68. The lowest BCUT2D eigenvalue weighted by Crippen LogP contribution is -2.05. The van der Waals surface area contributed by atoms with Crippen molar-refractivity contribution in [1.29, 1.82) is 0 Å². The molecule has 84 valence electrons. The standard InChI is InChI=1S/C11H16BrNOS/c1-8(13)10-4-3-9(7-11(10)12)15-6-5-14-2/h3-4,7-8H,5-6,13H2,1-2H3/t8-/m0/s1. The molecule has 0 amide bonds. The Morgan fingerprint density at radius 1 is 1.53 bits per heavy atom. The highest BCUT2D eigenvalue weighted by Crippen LogP contribution is 2.27. The Morgan fingerprint density at radius 2 is 2.27 bits per heavy atom. The normalized spacial score (nSPS) is 12.8. The zero-order valence-electron chi connectivity index (χ0n) is 9.00. The summed E-state index contributed by atoms with van der Waals surface area (Å²) < 4.78 is 6.09. The summed E-state index contributed by atoms with van der Waals surface area (Å²) in [5, 5.41) is 0. The van der Waals surface area contributed by atoms with Gasteiger partial charge in [-0.25, -0.2) is 0 Å². The van der Waals surface area contributed by atoms with Gasteiger partial charge in [-0.05, 0) is 24.6 Å². The van der Waals surface area contributed by atoms with E-state index in [9.17, 15) is 0 Å². The first-order valence-corrected chi connectivity index (χ1v) is 6.59. The topological polar surface area (TPSA) is 35.2 Å². The molecule has 0 aliphatic rings. The fraction of sp³-hybridized carbons (Fsp3) is 0.455. The summed E-state index contributed by atoms with van der Waals surface area (Å²) in [6, 6.07) is 6.35. The highest BCUT2D eigenvalue weighted by atomic mass is 79.9. The third kappa shape index (κ3) is 4.15. The SMILES string of the molecule is COCCSc1ccc([C@H](C)N)c(Br)c1. The van der Waals surface area contributed by atoms with Gasteiger partial charge < -0.3 is 10.5 Å². The largest absolute Gasteiger partial charge is 0.384 e. The first kappa shape index (κ1) is 13.0. The number of rotatable bonds is 5. The second kappa shape index (κ2) is 6.53. The van der Waals surface area contributed by atoms with Crippen molar-refractivity contribution in [2.24, 2.45) is 5.73 Å². The van der Waals surface area contributed by atoms with E-state index in [2.05, 4.69) is 34.1 Å². The average Bonchev–Trinajstić information content (AvgIpc) is 2.17. The van der Waals surface area contributed by atoms with E-state index in [0.717, 1.165) is 22.4 Å². The van der Waals surface area contributed by atoms with Crippen LogP contribution < -0.4 is 5.73 Å². The van der Waals surface area contributed by atoms with E-state index in [1.165, 1.54) is 4.90 Å². The lowest BCUT2D eigenvalue weighted by Gasteiger charge is -2.10. The number of methoxy groups -OCH3 is 1. The van der Waals surface area contributed by atoms with E-state index in [0.29, 0.717) is 0 Å². The van der Waals surface area contributed by atoms with E-state index < -0.39 is 0 Å². The maximum atomic E-state index is 5.83. The van der Waals surface area contributed by atoms with Crippen molar-refractivity contribution in [2.45, 2.75) is 17.9 Å². The van der Waals surface area contributed by atoms with Crippen LogP contribution in [0.25, 0.3) is 0 Å². The van der Waals surface area contributed by atoms with Gasteiger partial charge in [-0.15, -0.1) is 11.8 Å². The number of benzene rings is 1. The van der Waals surface area contributed by atoms with Crippen LogP contribution in [0, 0.1) is 0 Å². The van der Waals surface area contributed by atoms with Gasteiger partial charge in [-0.1, -0.05) is 22.0 Å². The average molecular weight is 290 g/mol. The molecule has 0 unspecified atom stereocenters. The molecular formula is C11H16BrNOS. The predicted octanol–water partition coefficient (Wildman–Crippen LogP) is 3.21. The molecule has 0 aliphatic heterocycles. The van der Waals surface area contributed by atoms with Crippen molar-refractivity contribution in [1.82, 2.24) is 0 Å². The van der Waals surface area contributed by atoms with Crippen molar-refractivity contribution < 1.29 is 4.74 Å². The lowest BCUT2D eigenvalue weighted by atomic mass is 10.1. The molecule has 4 heteroatoms. The molecule has 1 atom stereocenters. The molecule has 0 saturated carbocycles. The first-order chi connectivity index (χ1) is 7.15. The summed E-state index contributed by atoms with van der Waals surface area (Å²) in [7, 11) is 1.72. The van der Waals surface area contributed by atoms with Crippen LogP contribution >= 0.6 is 27.7 Å². The van der Waals surface area contributed by atoms with E-state index in [1.807, 2.05) is 6.92 Å². The molecule has 0 bridgehead atoms. The fourth-order valence-corrected chi connectivity index (χ4v) is 2.95. The lowest BCUT2D eigenvalue weighted by molar-refractivity contribution is 0.218. The van der Waals surface area contributed by atoms with Gasteiger partial charge in [0.25, 0.3) is 0 Å². The number of thioether (sulfide) groups is 1. The molecule has 2 N–H and O–H groups in total. The zero-order valence-corrected chi connectivity index (χ0v) is 11.4. The van der Waals surface area contributed by atoms with E-state index in [-0.39, 0.29) is 6.04 Å². The molecule has 0 radical (unpaired) electrons. The molecule has 1 aromatic rings. The van der Waals surface area contributed by atoms with Gasteiger partial charge in [-0.2, -0.15) is 0 Å². The summed E-state index contributed by atoms with van der Waals surface area (Å²) in [4.78, 5) is 1.24. The van der Waals surface area contributed by atoms with Gasteiger partial charge >= 0.3 is 0 Å². The van der Waals surface area contributed by atoms with Crippen LogP contribution in [0.5, 0.6) is 0 Å². The Hall–Kier alpha value is -0.0300. The Morgan fingerprint density at radius 3 is 2.80 bits per heavy atom. The van der Waals surface area contributed by atoms with Crippen LogP contribution in [-0.2, 0) is 4.74 Å². The highest BCUT2D eigenvalue weighted by Gasteiger charge is 2.05. The first-order valence-electron chi connectivity index (χ1n) is 4.82. The second-order valence-electron chi connectivity index (χ2n) is 3.31. The van der Waals surface area contributed by atoms with Crippen LogP contribution in [-0.4, -0.2) is 19.5 Å². The molecule has 1 aromatic carbocycles. The number of halogens is 1. The van der Waals surface area contributed by atoms with Crippen molar-refractivity contribution in [3.05, 3.63) is 28.2 Å². The van der Waals surface area contributed by atoms with Gasteiger partial charge in [-0.3, -0.25) is 0 Å². The van der Waals surface area contributed by atoms with Gasteiger partial charge in [0.05, 0.1) is 6.61 Å². The van der Waals surface area contributed by atoms with Crippen molar-refractivity contribution in [2.75, 3.05) is 19.5 Å². The van der Waals surface area contributed by atoms with Crippen molar-refractivity contribution in [3.8, 4) is 0 Å². The maximum Gasteiger partial charge on any atom is 0.0556 e. The molecule has 15 heavy (non-hydrogen) atoms. The van der Waals surface area contributed by atoms with Gasteiger partial charge in [0.15, 0.2) is 0 Å². The van der Waals surface area contributed by atoms with Gasteiger partial charge in [0.2, 0.25) is 0 Å². The van der Waals surface area contributed by atoms with Crippen molar-refractivity contribution in [3.63, 3.8) is 0 Å². The maximum absolute atomic E-state index is 5.83. The second-order valence-corrected chi connectivity index (χ2v) is 5.34. The minimum atomic E-state index is 0.0670. The molecule has 0 fully saturated rings. The Bertz CT molecular complexity index is 317. The Labute approximate surface area is 104 Å².